The van der Waals surface area contributed by atoms with E-state index in [1.54, 1.807) is 6.92 Å². The highest BCUT2D eigenvalue weighted by Crippen LogP contribution is 2.21. The normalized spacial score (nSPS) is 10.5. The lowest BCUT2D eigenvalue weighted by molar-refractivity contribution is -0.113. The zero-order chi connectivity index (χ0) is 13.8. The number of aromatic nitrogens is 2. The minimum atomic E-state index is -0.109. The SMILES string of the molecule is Cc1nnc(SCC(=O)Nc2ccc(Br)c(C)c2)o1. The van der Waals surface area contributed by atoms with Crippen molar-refractivity contribution in [3.63, 3.8) is 0 Å². The fourth-order valence-electron chi connectivity index (χ4n) is 1.38. The highest BCUT2D eigenvalue weighted by molar-refractivity contribution is 9.10. The Hall–Kier alpha value is -1.34. The first kappa shape index (κ1) is 14.1. The van der Waals surface area contributed by atoms with Crippen molar-refractivity contribution in [2.24, 2.45) is 0 Å². The number of hydrogen-bond donors (Lipinski definition) is 1. The summed E-state index contributed by atoms with van der Waals surface area (Å²) in [7, 11) is 0. The summed E-state index contributed by atoms with van der Waals surface area (Å²) in [5.74, 6) is 0.616. The van der Waals surface area contributed by atoms with Crippen LogP contribution in [0, 0.1) is 13.8 Å². The third-order valence-electron chi connectivity index (χ3n) is 2.28. The summed E-state index contributed by atoms with van der Waals surface area (Å²) in [5, 5.41) is 10.7. The van der Waals surface area contributed by atoms with E-state index >= 15 is 0 Å². The monoisotopic (exact) mass is 341 g/mol. The van der Waals surface area contributed by atoms with Crippen LogP contribution in [0.2, 0.25) is 0 Å². The van der Waals surface area contributed by atoms with Gasteiger partial charge < -0.3 is 9.73 Å². The third-order valence-corrected chi connectivity index (χ3v) is 3.98. The van der Waals surface area contributed by atoms with E-state index in [1.807, 2.05) is 25.1 Å². The Bertz CT molecular complexity index is 600. The van der Waals surface area contributed by atoms with Gasteiger partial charge in [0.1, 0.15) is 0 Å². The molecule has 0 spiro atoms. The lowest BCUT2D eigenvalue weighted by atomic mass is 10.2. The van der Waals surface area contributed by atoms with E-state index in [9.17, 15) is 4.79 Å². The fourth-order valence-corrected chi connectivity index (χ4v) is 2.24. The van der Waals surface area contributed by atoms with Gasteiger partial charge in [-0.25, -0.2) is 0 Å². The molecular weight excluding hydrogens is 330 g/mol. The van der Waals surface area contributed by atoms with Crippen LogP contribution in [-0.4, -0.2) is 21.9 Å². The first-order valence-corrected chi connectivity index (χ1v) is 7.31. The Labute approximate surface area is 123 Å². The average molecular weight is 342 g/mol. The van der Waals surface area contributed by atoms with Crippen LogP contribution in [0.5, 0.6) is 0 Å². The number of carbonyl (C=O) groups is 1. The summed E-state index contributed by atoms with van der Waals surface area (Å²) in [5.41, 5.74) is 1.84. The summed E-state index contributed by atoms with van der Waals surface area (Å²) in [4.78, 5) is 11.8. The molecule has 100 valence electrons. The highest BCUT2D eigenvalue weighted by atomic mass is 79.9. The van der Waals surface area contributed by atoms with E-state index in [-0.39, 0.29) is 11.7 Å². The van der Waals surface area contributed by atoms with Crippen LogP contribution in [-0.2, 0) is 4.79 Å². The molecule has 1 aromatic heterocycles. The first-order chi connectivity index (χ1) is 9.04. The molecule has 0 fully saturated rings. The Balaban J connectivity index is 1.88. The van der Waals surface area contributed by atoms with Gasteiger partial charge in [-0.2, -0.15) is 0 Å². The summed E-state index contributed by atoms with van der Waals surface area (Å²) in [6, 6.07) is 5.65. The quantitative estimate of drug-likeness (QED) is 0.865. The summed E-state index contributed by atoms with van der Waals surface area (Å²) in [6.07, 6.45) is 0. The van der Waals surface area contributed by atoms with Crippen molar-refractivity contribution >= 4 is 39.3 Å². The van der Waals surface area contributed by atoms with Crippen LogP contribution in [0.15, 0.2) is 32.3 Å². The standard InChI is InChI=1S/C12H12BrN3O2S/c1-7-5-9(3-4-10(7)13)14-11(17)6-19-12-16-15-8(2)18-12/h3-5H,6H2,1-2H3,(H,14,17). The lowest BCUT2D eigenvalue weighted by Crippen LogP contribution is -2.14. The van der Waals surface area contributed by atoms with E-state index < -0.39 is 0 Å². The second-order valence-electron chi connectivity index (χ2n) is 3.89. The van der Waals surface area contributed by atoms with Gasteiger partial charge in [-0.15, -0.1) is 10.2 Å². The number of carbonyl (C=O) groups excluding carboxylic acids is 1. The molecule has 1 heterocycles. The van der Waals surface area contributed by atoms with Gasteiger partial charge in [0.2, 0.25) is 11.8 Å². The highest BCUT2D eigenvalue weighted by Gasteiger charge is 2.08. The maximum atomic E-state index is 11.8. The van der Waals surface area contributed by atoms with Gasteiger partial charge in [-0.3, -0.25) is 4.79 Å². The van der Waals surface area contributed by atoms with E-state index in [0.29, 0.717) is 11.1 Å². The Morgan fingerprint density at radius 3 is 2.84 bits per heavy atom. The number of nitrogens with one attached hydrogen (secondary N) is 1. The molecule has 2 rings (SSSR count). The van der Waals surface area contributed by atoms with Gasteiger partial charge in [0.15, 0.2) is 0 Å². The van der Waals surface area contributed by atoms with Gasteiger partial charge in [-0.05, 0) is 30.7 Å². The van der Waals surface area contributed by atoms with Crippen LogP contribution in [0.25, 0.3) is 0 Å². The molecule has 5 nitrogen and oxygen atoms in total. The van der Waals surface area contributed by atoms with Gasteiger partial charge in [0, 0.05) is 17.1 Å². The van der Waals surface area contributed by atoms with Crippen LogP contribution in [0.3, 0.4) is 0 Å². The number of nitrogens with zero attached hydrogens (tertiary/aromatic N) is 2. The minimum Gasteiger partial charge on any atom is -0.416 e. The number of rotatable bonds is 4. The number of thioether (sulfide) groups is 1. The molecule has 0 unspecified atom stereocenters. The largest absolute Gasteiger partial charge is 0.416 e. The molecule has 0 saturated carbocycles. The maximum absolute atomic E-state index is 11.8. The van der Waals surface area contributed by atoms with Crippen LogP contribution >= 0.6 is 27.7 Å². The van der Waals surface area contributed by atoms with Crippen molar-refractivity contribution in [2.75, 3.05) is 11.1 Å². The fraction of sp³-hybridized carbons (Fsp3) is 0.250. The number of hydrogen-bond acceptors (Lipinski definition) is 5. The second kappa shape index (κ2) is 6.21. The van der Waals surface area contributed by atoms with Crippen LogP contribution in [0.4, 0.5) is 5.69 Å². The Morgan fingerprint density at radius 2 is 2.21 bits per heavy atom. The van der Waals surface area contributed by atoms with Gasteiger partial charge in [-0.1, -0.05) is 27.7 Å². The number of halogens is 1. The van der Waals surface area contributed by atoms with Crippen LogP contribution in [0.1, 0.15) is 11.5 Å². The zero-order valence-corrected chi connectivity index (χ0v) is 12.8. The Kier molecular flexibility index (Phi) is 4.60. The van der Waals surface area contributed by atoms with E-state index in [4.69, 9.17) is 4.42 Å². The lowest BCUT2D eigenvalue weighted by Gasteiger charge is -2.06. The zero-order valence-electron chi connectivity index (χ0n) is 10.4. The van der Waals surface area contributed by atoms with Crippen molar-refractivity contribution in [2.45, 2.75) is 19.1 Å². The predicted octanol–water partition coefficient (Wildman–Crippen LogP) is 3.18. The summed E-state index contributed by atoms with van der Waals surface area (Å²) in [6.45, 7) is 3.68. The molecule has 19 heavy (non-hydrogen) atoms. The van der Waals surface area contributed by atoms with Gasteiger partial charge in [0.25, 0.3) is 5.22 Å². The van der Waals surface area contributed by atoms with Crippen molar-refractivity contribution in [1.29, 1.82) is 0 Å². The van der Waals surface area contributed by atoms with Crippen molar-refractivity contribution in [3.05, 3.63) is 34.1 Å². The molecular formula is C12H12BrN3O2S. The molecule has 0 radical (unpaired) electrons. The smallest absolute Gasteiger partial charge is 0.277 e. The molecule has 7 heteroatoms. The second-order valence-corrected chi connectivity index (χ2v) is 5.67. The molecule has 1 amide bonds. The molecule has 0 aliphatic carbocycles. The van der Waals surface area contributed by atoms with Gasteiger partial charge >= 0.3 is 0 Å². The number of amides is 1. The molecule has 2 aromatic rings. The average Bonchev–Trinajstić information content (AvgIpc) is 2.77. The molecule has 0 aliphatic heterocycles. The first-order valence-electron chi connectivity index (χ1n) is 5.53. The van der Waals surface area contributed by atoms with Gasteiger partial charge in [0.05, 0.1) is 5.75 Å². The predicted molar refractivity (Wildman–Crippen MR) is 77.3 cm³/mol. The number of anilines is 1. The molecule has 0 atom stereocenters. The molecule has 1 aromatic carbocycles. The van der Waals surface area contributed by atoms with E-state index in [2.05, 4.69) is 31.4 Å². The van der Waals surface area contributed by atoms with E-state index in [0.717, 1.165) is 15.7 Å². The summed E-state index contributed by atoms with van der Waals surface area (Å²) >= 11 is 4.63. The number of aryl methyl sites for hydroxylation is 2. The minimum absolute atomic E-state index is 0.109. The molecule has 1 N–H and O–H groups in total. The van der Waals surface area contributed by atoms with Crippen LogP contribution < -0.4 is 5.32 Å². The molecule has 0 bridgehead atoms. The topological polar surface area (TPSA) is 68.0 Å². The number of benzene rings is 1. The molecule has 0 aliphatic rings. The third kappa shape index (κ3) is 4.07. The Morgan fingerprint density at radius 1 is 1.42 bits per heavy atom. The van der Waals surface area contributed by atoms with Crippen molar-refractivity contribution < 1.29 is 9.21 Å². The molecule has 0 saturated heterocycles. The van der Waals surface area contributed by atoms with Crippen molar-refractivity contribution in [3.8, 4) is 0 Å². The van der Waals surface area contributed by atoms with E-state index in [1.165, 1.54) is 11.8 Å². The van der Waals surface area contributed by atoms with Crippen molar-refractivity contribution in [1.82, 2.24) is 10.2 Å². The summed E-state index contributed by atoms with van der Waals surface area (Å²) < 4.78 is 6.19. The maximum Gasteiger partial charge on any atom is 0.277 e.